The third-order valence-corrected chi connectivity index (χ3v) is 12.5. The first-order valence-electron chi connectivity index (χ1n) is 21.1. The number of rotatable bonds is 10. The molecule has 18 atom stereocenters. The first-order valence-corrected chi connectivity index (χ1v) is 21.1. The molecule has 3 rings (SSSR count). The summed E-state index contributed by atoms with van der Waals surface area (Å²) in [6.45, 7) is 18.0. The monoisotopic (exact) mass is 852 g/mol. The van der Waals surface area contributed by atoms with E-state index in [2.05, 4.69) is 0 Å². The molecule has 0 aromatic heterocycles. The van der Waals surface area contributed by atoms with Gasteiger partial charge in [0, 0.05) is 49.5 Å². The Bertz CT molecular complexity index is 1550. The molecule has 3 aliphatic rings. The minimum absolute atomic E-state index is 0.0314. The Morgan fingerprint density at radius 3 is 2.30 bits per heavy atom. The van der Waals surface area contributed by atoms with Gasteiger partial charge in [0.15, 0.2) is 18.2 Å². The van der Waals surface area contributed by atoms with Crippen LogP contribution in [0.3, 0.4) is 0 Å². The van der Waals surface area contributed by atoms with Gasteiger partial charge in [0.25, 0.3) is 0 Å². The first-order chi connectivity index (χ1) is 28.1. The molecule has 3 heterocycles. The summed E-state index contributed by atoms with van der Waals surface area (Å²) in [7, 11) is 2.80. The molecule has 0 aromatic carbocycles. The number of carbonyl (C=O) groups is 2. The molecule has 0 bridgehead atoms. The van der Waals surface area contributed by atoms with E-state index >= 15 is 0 Å². The van der Waals surface area contributed by atoms with Gasteiger partial charge in [-0.15, -0.1) is 0 Å². The summed E-state index contributed by atoms with van der Waals surface area (Å²) in [5.41, 5.74) is 6.76. The number of aliphatic hydroxyl groups is 5. The Kier molecular flexibility index (Phi) is 19.5. The number of allylic oxidation sites excluding steroid dienone is 6. The second-order valence-corrected chi connectivity index (χ2v) is 17.3. The first kappa shape index (κ1) is 51.2. The number of aliphatic hydroxyl groups excluding tert-OH is 4. The second-order valence-electron chi connectivity index (χ2n) is 17.3. The summed E-state index contributed by atoms with van der Waals surface area (Å²) in [5.74, 6) is -6.06. The van der Waals surface area contributed by atoms with Crippen LogP contribution in [0.15, 0.2) is 59.4 Å². The van der Waals surface area contributed by atoms with Gasteiger partial charge in [0.1, 0.15) is 12.2 Å². The van der Waals surface area contributed by atoms with Crippen LogP contribution in [0.4, 0.5) is 4.79 Å². The van der Waals surface area contributed by atoms with E-state index in [1.807, 2.05) is 47.6 Å². The summed E-state index contributed by atoms with van der Waals surface area (Å²) in [6.07, 6.45) is 1.54. The molecule has 0 spiro atoms. The number of amides is 1. The molecule has 0 unspecified atom stereocenters. The number of hydrogen-bond acceptors (Lipinski definition) is 14. The maximum Gasteiger partial charge on any atom is 0.404 e. The zero-order valence-electron chi connectivity index (χ0n) is 37.5. The third-order valence-electron chi connectivity index (χ3n) is 12.5. The summed E-state index contributed by atoms with van der Waals surface area (Å²) in [6, 6.07) is 0. The lowest BCUT2D eigenvalue weighted by Gasteiger charge is -2.49. The average molecular weight is 852 g/mol. The minimum atomic E-state index is -1.97. The van der Waals surface area contributed by atoms with Crippen LogP contribution in [0, 0.1) is 35.5 Å². The Hall–Kier alpha value is -3.12. The van der Waals surface area contributed by atoms with Gasteiger partial charge in [-0.25, -0.2) is 9.59 Å². The Labute approximate surface area is 356 Å². The normalized spacial score (nSPS) is 42.7. The van der Waals surface area contributed by atoms with Gasteiger partial charge >= 0.3 is 12.1 Å². The third kappa shape index (κ3) is 13.2. The Morgan fingerprint density at radius 2 is 1.72 bits per heavy atom. The number of primary amides is 1. The zero-order chi connectivity index (χ0) is 45.2. The molecular formula is C45H73NO14. The fraction of sp³-hybridized carbons (Fsp3) is 0.733. The number of carbonyl (C=O) groups excluding carboxylic acids is 2. The molecule has 0 aromatic rings. The fourth-order valence-corrected chi connectivity index (χ4v) is 8.64. The van der Waals surface area contributed by atoms with Crippen LogP contribution in [0.1, 0.15) is 88.5 Å². The van der Waals surface area contributed by atoms with E-state index in [1.54, 1.807) is 58.1 Å². The molecule has 342 valence electrons. The van der Waals surface area contributed by atoms with E-state index in [0.717, 1.165) is 5.57 Å². The van der Waals surface area contributed by atoms with Gasteiger partial charge in [-0.2, -0.15) is 0 Å². The zero-order valence-corrected chi connectivity index (χ0v) is 37.5. The van der Waals surface area contributed by atoms with E-state index in [0.29, 0.717) is 12.0 Å². The average Bonchev–Trinajstić information content (AvgIpc) is 3.18. The van der Waals surface area contributed by atoms with E-state index in [1.165, 1.54) is 20.3 Å². The SMILES string of the molecule is C/C=C/[C@H]1O[C@@](O)([C@@H](C)[C@H](O)[C@H](C)[C@H]2OC(=O)/C(OC)=C/C(C)=C/[C@@H](C)[C@H](O)[C@@H](C)[C@@H](O)[C@H](C)C/C(C)=C\C=C\[C@@H]2OC)C[C@@H](O[C@H]2C[C@@H](O)[C@H](OC(N)=O)[C@@H](C)O2)[C@@H]1C. The molecule has 2 saturated heterocycles. The molecular weight excluding hydrogens is 778 g/mol. The van der Waals surface area contributed by atoms with Gasteiger partial charge in [0.05, 0.1) is 49.8 Å². The number of cyclic esters (lactones) is 1. The molecule has 2 fully saturated rings. The summed E-state index contributed by atoms with van der Waals surface area (Å²) in [5, 5.41) is 57.6. The number of ether oxygens (including phenoxy) is 7. The summed E-state index contributed by atoms with van der Waals surface area (Å²) < 4.78 is 41.3. The molecule has 0 saturated carbocycles. The molecule has 7 N–H and O–H groups in total. The van der Waals surface area contributed by atoms with Crippen LogP contribution in [0.5, 0.6) is 0 Å². The second kappa shape index (κ2) is 22.8. The molecule has 3 aliphatic heterocycles. The fourth-order valence-electron chi connectivity index (χ4n) is 8.64. The van der Waals surface area contributed by atoms with E-state index in [4.69, 9.17) is 38.9 Å². The van der Waals surface area contributed by atoms with Gasteiger partial charge in [0.2, 0.25) is 5.76 Å². The van der Waals surface area contributed by atoms with Crippen LogP contribution >= 0.6 is 0 Å². The van der Waals surface area contributed by atoms with Crippen LogP contribution in [-0.2, 0) is 38.0 Å². The highest BCUT2D eigenvalue weighted by Crippen LogP contribution is 2.42. The van der Waals surface area contributed by atoms with E-state index in [9.17, 15) is 35.1 Å². The molecule has 60 heavy (non-hydrogen) atoms. The highest BCUT2D eigenvalue weighted by molar-refractivity contribution is 5.87. The van der Waals surface area contributed by atoms with Crippen molar-refractivity contribution in [1.82, 2.24) is 0 Å². The molecule has 0 aliphatic carbocycles. The van der Waals surface area contributed by atoms with Crippen molar-refractivity contribution in [1.29, 1.82) is 0 Å². The van der Waals surface area contributed by atoms with Crippen molar-refractivity contribution >= 4 is 12.1 Å². The highest BCUT2D eigenvalue weighted by atomic mass is 16.7. The van der Waals surface area contributed by atoms with E-state index in [-0.39, 0.29) is 36.4 Å². The van der Waals surface area contributed by atoms with Crippen LogP contribution in [0.2, 0.25) is 0 Å². The molecule has 15 nitrogen and oxygen atoms in total. The standard InChI is InChI=1S/C45H73NO14/c1-13-15-33-27(6)36(57-37-21-32(47)42(31(10)56-37)59-44(46)52)22-45(53,60-33)30(9)40(50)29(8)41-34(54-11)17-14-16-23(2)18-25(4)38(48)28(7)39(49)26(5)19-24(3)20-35(55-12)43(51)58-41/h13-17,19-20,25-34,36-42,47-50,53H,18,21-22H2,1-12H3,(H2,46,52)/b15-13+,17-14+,23-16-,24-19+,35-20-/t25-,26-,27-,28+,29+,30+,31-,32-,33-,34+,36-,37+,38+,39+,40-,41-,42-,45-/m1/s1. The molecule has 15 heteroatoms. The molecule has 0 radical (unpaired) electrons. The lowest BCUT2D eigenvalue weighted by molar-refractivity contribution is -0.338. The lowest BCUT2D eigenvalue weighted by Crippen LogP contribution is -2.59. The summed E-state index contributed by atoms with van der Waals surface area (Å²) in [4.78, 5) is 25.3. The van der Waals surface area contributed by atoms with Crippen molar-refractivity contribution in [2.24, 2.45) is 41.2 Å². The number of nitrogens with two attached hydrogens (primary N) is 1. The van der Waals surface area contributed by atoms with E-state index < -0.39 is 103 Å². The van der Waals surface area contributed by atoms with Gasteiger partial charge in [-0.1, -0.05) is 89.1 Å². The van der Waals surface area contributed by atoms with Gasteiger partial charge in [-0.3, -0.25) is 0 Å². The smallest absolute Gasteiger partial charge is 0.404 e. The maximum absolute atomic E-state index is 13.9. The Balaban J connectivity index is 1.99. The van der Waals surface area contributed by atoms with Crippen molar-refractivity contribution < 1.29 is 68.3 Å². The number of methoxy groups -OCH3 is 2. The van der Waals surface area contributed by atoms with Crippen molar-refractivity contribution in [3.05, 3.63) is 59.4 Å². The minimum Gasteiger partial charge on any atom is -0.490 e. The number of hydrogen-bond donors (Lipinski definition) is 6. The van der Waals surface area contributed by atoms with Crippen molar-refractivity contribution in [2.45, 2.75) is 162 Å². The number of esters is 1. The topological polar surface area (TPSA) is 226 Å². The van der Waals surface area contributed by atoms with Crippen molar-refractivity contribution in [3.63, 3.8) is 0 Å². The highest BCUT2D eigenvalue weighted by Gasteiger charge is 2.52. The predicted octanol–water partition coefficient (Wildman–Crippen LogP) is 4.59. The van der Waals surface area contributed by atoms with Crippen LogP contribution in [-0.4, -0.2) is 125 Å². The predicted molar refractivity (Wildman–Crippen MR) is 224 cm³/mol. The van der Waals surface area contributed by atoms with Gasteiger partial charge in [-0.05, 0) is 46.1 Å². The Morgan fingerprint density at radius 1 is 1.05 bits per heavy atom. The van der Waals surface area contributed by atoms with Crippen molar-refractivity contribution in [3.8, 4) is 0 Å². The lowest BCUT2D eigenvalue weighted by atomic mass is 9.77. The largest absolute Gasteiger partial charge is 0.490 e. The van der Waals surface area contributed by atoms with Crippen LogP contribution in [0.25, 0.3) is 0 Å². The van der Waals surface area contributed by atoms with Gasteiger partial charge < -0.3 is 64.4 Å². The maximum atomic E-state index is 13.9. The molecule has 1 amide bonds. The summed E-state index contributed by atoms with van der Waals surface area (Å²) >= 11 is 0. The quantitative estimate of drug-likeness (QED) is 0.131. The van der Waals surface area contributed by atoms with Crippen LogP contribution < -0.4 is 5.73 Å². The van der Waals surface area contributed by atoms with Crippen molar-refractivity contribution in [2.75, 3.05) is 14.2 Å².